The van der Waals surface area contributed by atoms with Crippen LogP contribution in [0.25, 0.3) is 5.52 Å². The van der Waals surface area contributed by atoms with Crippen LogP contribution < -0.4 is 0 Å². The number of pyridine rings is 1. The molecule has 110 valence electrons. The van der Waals surface area contributed by atoms with Crippen molar-refractivity contribution in [3.8, 4) is 0 Å². The number of hydrogen-bond acceptors (Lipinski definition) is 4. The third-order valence-corrected chi connectivity index (χ3v) is 3.70. The number of nitrogens with zero attached hydrogens (tertiary/aromatic N) is 2. The number of ether oxygens (including phenoxy) is 1. The van der Waals surface area contributed by atoms with Crippen molar-refractivity contribution in [2.75, 3.05) is 13.2 Å². The van der Waals surface area contributed by atoms with Gasteiger partial charge in [0.05, 0.1) is 11.1 Å². The van der Waals surface area contributed by atoms with Gasteiger partial charge in [-0.1, -0.05) is 0 Å². The maximum Gasteiger partial charge on any atom is 0.356 e. The fourth-order valence-electron chi connectivity index (χ4n) is 2.64. The van der Waals surface area contributed by atoms with Gasteiger partial charge in [0.15, 0.2) is 5.69 Å². The van der Waals surface area contributed by atoms with Gasteiger partial charge in [-0.25, -0.2) is 14.6 Å². The molecule has 0 aliphatic carbocycles. The van der Waals surface area contributed by atoms with E-state index < -0.39 is 11.9 Å². The van der Waals surface area contributed by atoms with Gasteiger partial charge in [-0.15, -0.1) is 0 Å². The number of carboxylic acids is 2. The number of carbonyl (C=O) groups is 2. The molecule has 1 fully saturated rings. The number of imidazole rings is 1. The van der Waals surface area contributed by atoms with Crippen LogP contribution in [0.2, 0.25) is 0 Å². The van der Waals surface area contributed by atoms with Crippen LogP contribution in [0.1, 0.15) is 45.4 Å². The summed E-state index contributed by atoms with van der Waals surface area (Å²) in [6.45, 7) is 1.20. The van der Waals surface area contributed by atoms with Crippen molar-refractivity contribution >= 4 is 17.5 Å². The Bertz CT molecular complexity index is 715. The first-order valence-corrected chi connectivity index (χ1v) is 6.64. The predicted octanol–water partition coefficient (Wildman–Crippen LogP) is 1.62. The molecular weight excluding hydrogens is 276 g/mol. The van der Waals surface area contributed by atoms with Crippen molar-refractivity contribution in [1.29, 1.82) is 0 Å². The minimum atomic E-state index is -1.12. The number of fused-ring (bicyclic) bond motifs is 1. The summed E-state index contributed by atoms with van der Waals surface area (Å²) in [7, 11) is 0. The third-order valence-electron chi connectivity index (χ3n) is 3.70. The highest BCUT2D eigenvalue weighted by molar-refractivity contribution is 5.95. The highest BCUT2D eigenvalue weighted by atomic mass is 16.5. The Balaban J connectivity index is 2.18. The summed E-state index contributed by atoms with van der Waals surface area (Å²) < 4.78 is 6.89. The van der Waals surface area contributed by atoms with Gasteiger partial charge in [0.25, 0.3) is 0 Å². The summed E-state index contributed by atoms with van der Waals surface area (Å²) in [5.74, 6) is -1.51. The van der Waals surface area contributed by atoms with Crippen molar-refractivity contribution in [2.24, 2.45) is 0 Å². The summed E-state index contributed by atoms with van der Waals surface area (Å²) in [5, 5.41) is 18.3. The fourth-order valence-corrected chi connectivity index (χ4v) is 2.64. The molecule has 1 aliphatic rings. The fraction of sp³-hybridized carbons (Fsp3) is 0.357. The molecule has 3 rings (SSSR count). The lowest BCUT2D eigenvalue weighted by Gasteiger charge is -2.21. The van der Waals surface area contributed by atoms with E-state index in [1.165, 1.54) is 18.3 Å². The topological polar surface area (TPSA) is 101 Å². The van der Waals surface area contributed by atoms with E-state index in [1.807, 2.05) is 0 Å². The smallest absolute Gasteiger partial charge is 0.356 e. The summed E-state index contributed by atoms with van der Waals surface area (Å²) in [4.78, 5) is 26.6. The zero-order chi connectivity index (χ0) is 15.0. The van der Waals surface area contributed by atoms with E-state index in [0.717, 1.165) is 12.8 Å². The Morgan fingerprint density at radius 2 is 1.90 bits per heavy atom. The van der Waals surface area contributed by atoms with Gasteiger partial charge in [0.1, 0.15) is 5.82 Å². The van der Waals surface area contributed by atoms with E-state index >= 15 is 0 Å². The molecule has 0 saturated carbocycles. The van der Waals surface area contributed by atoms with Gasteiger partial charge in [-0.3, -0.25) is 0 Å². The Morgan fingerprint density at radius 3 is 2.52 bits per heavy atom. The van der Waals surface area contributed by atoms with Crippen LogP contribution in [-0.4, -0.2) is 44.8 Å². The van der Waals surface area contributed by atoms with Crippen molar-refractivity contribution < 1.29 is 24.5 Å². The van der Waals surface area contributed by atoms with Crippen LogP contribution in [0.15, 0.2) is 18.3 Å². The molecule has 7 heteroatoms. The number of rotatable bonds is 3. The Kier molecular flexibility index (Phi) is 3.34. The minimum Gasteiger partial charge on any atom is -0.478 e. The molecule has 0 aromatic carbocycles. The van der Waals surface area contributed by atoms with Crippen LogP contribution in [0.5, 0.6) is 0 Å². The van der Waals surface area contributed by atoms with Gasteiger partial charge in [-0.2, -0.15) is 0 Å². The van der Waals surface area contributed by atoms with Crippen LogP contribution in [0.3, 0.4) is 0 Å². The lowest BCUT2D eigenvalue weighted by molar-refractivity contribution is 0.0683. The van der Waals surface area contributed by atoms with Crippen LogP contribution in [0, 0.1) is 0 Å². The van der Waals surface area contributed by atoms with Crippen LogP contribution in [-0.2, 0) is 4.74 Å². The summed E-state index contributed by atoms with van der Waals surface area (Å²) >= 11 is 0. The average molecular weight is 290 g/mol. The molecule has 3 heterocycles. The standard InChI is InChI=1S/C14H14N2O5/c17-13(18)9-1-2-10-11(14(19)20)15-12(16(10)7-9)8-3-5-21-6-4-8/h1-2,7-8H,3-6H2,(H,17,18)(H,19,20). The van der Waals surface area contributed by atoms with Crippen molar-refractivity contribution in [2.45, 2.75) is 18.8 Å². The number of aromatic nitrogens is 2. The normalized spacial score (nSPS) is 16.2. The molecule has 1 saturated heterocycles. The minimum absolute atomic E-state index is 0.0477. The Hall–Kier alpha value is -2.41. The lowest BCUT2D eigenvalue weighted by atomic mass is 9.99. The molecule has 0 spiro atoms. The summed E-state index contributed by atoms with van der Waals surface area (Å²) in [6.07, 6.45) is 2.92. The van der Waals surface area contributed by atoms with E-state index in [9.17, 15) is 14.7 Å². The summed E-state index contributed by atoms with van der Waals surface area (Å²) in [5.41, 5.74) is 0.465. The highest BCUT2D eigenvalue weighted by Gasteiger charge is 2.25. The summed E-state index contributed by atoms with van der Waals surface area (Å²) in [6, 6.07) is 2.88. The first-order chi connectivity index (χ1) is 10.1. The van der Waals surface area contributed by atoms with E-state index in [4.69, 9.17) is 9.84 Å². The predicted molar refractivity (Wildman–Crippen MR) is 71.9 cm³/mol. The molecule has 2 aromatic rings. The first-order valence-electron chi connectivity index (χ1n) is 6.64. The number of carboxylic acid groups (broad SMARTS) is 2. The number of aromatic carboxylic acids is 2. The van der Waals surface area contributed by atoms with Crippen molar-refractivity contribution in [3.63, 3.8) is 0 Å². The molecule has 7 nitrogen and oxygen atoms in total. The quantitative estimate of drug-likeness (QED) is 0.890. The van der Waals surface area contributed by atoms with Crippen LogP contribution >= 0.6 is 0 Å². The molecule has 21 heavy (non-hydrogen) atoms. The molecule has 2 aromatic heterocycles. The highest BCUT2D eigenvalue weighted by Crippen LogP contribution is 2.28. The molecule has 2 N–H and O–H groups in total. The average Bonchev–Trinajstić information content (AvgIpc) is 2.87. The Labute approximate surface area is 119 Å². The van der Waals surface area contributed by atoms with Gasteiger partial charge in [0.2, 0.25) is 0 Å². The maximum absolute atomic E-state index is 11.3. The van der Waals surface area contributed by atoms with Crippen molar-refractivity contribution in [1.82, 2.24) is 9.38 Å². The molecule has 0 amide bonds. The monoisotopic (exact) mass is 290 g/mol. The molecule has 1 aliphatic heterocycles. The van der Waals surface area contributed by atoms with Crippen molar-refractivity contribution in [3.05, 3.63) is 35.4 Å². The SMILES string of the molecule is O=C(O)c1ccc2c(C(=O)O)nc(C3CCOCC3)n2c1. The van der Waals surface area contributed by atoms with E-state index in [1.54, 1.807) is 4.40 Å². The van der Waals surface area contributed by atoms with Gasteiger partial charge < -0.3 is 19.4 Å². The third kappa shape index (κ3) is 2.36. The first kappa shape index (κ1) is 13.6. The largest absolute Gasteiger partial charge is 0.478 e. The molecule has 0 unspecified atom stereocenters. The molecule has 0 atom stereocenters. The second kappa shape index (κ2) is 5.17. The second-order valence-corrected chi connectivity index (χ2v) is 4.99. The van der Waals surface area contributed by atoms with Gasteiger partial charge in [-0.05, 0) is 25.0 Å². The van der Waals surface area contributed by atoms with E-state index in [2.05, 4.69) is 4.98 Å². The maximum atomic E-state index is 11.3. The van der Waals surface area contributed by atoms with E-state index in [0.29, 0.717) is 24.6 Å². The second-order valence-electron chi connectivity index (χ2n) is 4.99. The lowest BCUT2D eigenvalue weighted by Crippen LogP contribution is -2.16. The van der Waals surface area contributed by atoms with Crippen LogP contribution in [0.4, 0.5) is 0 Å². The molecule has 0 bridgehead atoms. The van der Waals surface area contributed by atoms with Gasteiger partial charge in [0, 0.05) is 25.3 Å². The zero-order valence-corrected chi connectivity index (χ0v) is 11.2. The molecule has 0 radical (unpaired) electrons. The zero-order valence-electron chi connectivity index (χ0n) is 11.2. The molecular formula is C14H14N2O5. The Morgan fingerprint density at radius 1 is 1.19 bits per heavy atom. The van der Waals surface area contributed by atoms with E-state index in [-0.39, 0.29) is 17.2 Å². The number of hydrogen-bond donors (Lipinski definition) is 2. The van der Waals surface area contributed by atoms with Gasteiger partial charge >= 0.3 is 11.9 Å².